The first kappa shape index (κ1) is 15.4. The summed E-state index contributed by atoms with van der Waals surface area (Å²) in [6.45, 7) is 8.66. The highest BCUT2D eigenvalue weighted by molar-refractivity contribution is 5.72. The molecule has 0 N–H and O–H groups in total. The van der Waals surface area contributed by atoms with Crippen molar-refractivity contribution >= 4 is 5.97 Å². The topological polar surface area (TPSA) is 26.3 Å². The molecule has 2 nitrogen and oxygen atoms in total. The van der Waals surface area contributed by atoms with E-state index in [0.717, 1.165) is 24.7 Å². The molecule has 0 aliphatic heterocycles. The molecule has 4 rings (SSSR count). The van der Waals surface area contributed by atoms with E-state index < -0.39 is 0 Å². The smallest absolute Gasteiger partial charge is 0.309 e. The lowest BCUT2D eigenvalue weighted by atomic mass is 9.48. The third-order valence-corrected chi connectivity index (χ3v) is 6.55. The van der Waals surface area contributed by atoms with Crippen molar-refractivity contribution in [2.24, 2.45) is 35.5 Å². The van der Waals surface area contributed by atoms with Crippen LogP contribution in [0.25, 0.3) is 0 Å². The molecule has 21 heavy (non-hydrogen) atoms. The van der Waals surface area contributed by atoms with Gasteiger partial charge in [-0.2, -0.15) is 0 Å². The van der Waals surface area contributed by atoms with Crippen molar-refractivity contribution in [3.63, 3.8) is 0 Å². The fourth-order valence-corrected chi connectivity index (χ4v) is 5.62. The van der Waals surface area contributed by atoms with E-state index in [1.165, 1.54) is 32.1 Å². The van der Waals surface area contributed by atoms with Crippen LogP contribution in [0.5, 0.6) is 0 Å². The monoisotopic (exact) mass is 292 g/mol. The zero-order valence-electron chi connectivity index (χ0n) is 14.2. The molecule has 4 aliphatic carbocycles. The Morgan fingerprint density at radius 1 is 1.05 bits per heavy atom. The van der Waals surface area contributed by atoms with Gasteiger partial charge in [-0.3, -0.25) is 4.79 Å². The summed E-state index contributed by atoms with van der Waals surface area (Å²) in [6, 6.07) is 0. The van der Waals surface area contributed by atoms with Crippen molar-refractivity contribution < 1.29 is 9.53 Å². The van der Waals surface area contributed by atoms with Crippen LogP contribution in [0.4, 0.5) is 0 Å². The van der Waals surface area contributed by atoms with Crippen LogP contribution >= 0.6 is 0 Å². The van der Waals surface area contributed by atoms with Gasteiger partial charge >= 0.3 is 5.97 Å². The summed E-state index contributed by atoms with van der Waals surface area (Å²) in [6.07, 6.45) is 8.66. The van der Waals surface area contributed by atoms with Crippen LogP contribution in [-0.4, -0.2) is 11.6 Å². The van der Waals surface area contributed by atoms with Crippen LogP contribution in [0.3, 0.4) is 0 Å². The van der Waals surface area contributed by atoms with E-state index in [-0.39, 0.29) is 17.5 Å². The second-order valence-electron chi connectivity index (χ2n) is 8.59. The molecule has 1 atom stereocenters. The van der Waals surface area contributed by atoms with Crippen LogP contribution < -0.4 is 0 Å². The van der Waals surface area contributed by atoms with E-state index in [4.69, 9.17) is 4.74 Å². The van der Waals surface area contributed by atoms with E-state index in [0.29, 0.717) is 17.8 Å². The predicted octanol–water partition coefficient (Wildman–Crippen LogP) is 4.82. The number of hydrogen-bond donors (Lipinski definition) is 0. The van der Waals surface area contributed by atoms with Crippen molar-refractivity contribution in [3.8, 4) is 0 Å². The third-order valence-electron chi connectivity index (χ3n) is 6.55. The van der Waals surface area contributed by atoms with E-state index in [1.807, 2.05) is 6.92 Å². The molecule has 0 spiro atoms. The van der Waals surface area contributed by atoms with Gasteiger partial charge in [0.15, 0.2) is 0 Å². The second kappa shape index (κ2) is 5.59. The zero-order valence-corrected chi connectivity index (χ0v) is 14.2. The van der Waals surface area contributed by atoms with Crippen LogP contribution in [0.1, 0.15) is 72.6 Å². The fraction of sp³-hybridized carbons (Fsp3) is 0.947. The molecule has 0 aromatic heterocycles. The molecule has 0 saturated heterocycles. The average molecular weight is 292 g/mol. The van der Waals surface area contributed by atoms with Crippen LogP contribution in [0, 0.1) is 35.5 Å². The second-order valence-corrected chi connectivity index (χ2v) is 8.59. The van der Waals surface area contributed by atoms with Crippen LogP contribution in [0.2, 0.25) is 0 Å². The Kier molecular flexibility index (Phi) is 4.09. The van der Waals surface area contributed by atoms with Crippen LogP contribution in [-0.2, 0) is 9.53 Å². The first-order valence-corrected chi connectivity index (χ1v) is 9.17. The maximum absolute atomic E-state index is 12.5. The van der Waals surface area contributed by atoms with E-state index >= 15 is 0 Å². The number of esters is 1. The highest BCUT2D eigenvalue weighted by Gasteiger charge is 2.59. The first-order chi connectivity index (χ1) is 9.94. The average Bonchev–Trinajstić information content (AvgIpc) is 2.42. The minimum Gasteiger partial charge on any atom is -0.458 e. The van der Waals surface area contributed by atoms with Gasteiger partial charge in [0.1, 0.15) is 5.60 Å². The lowest BCUT2D eigenvalue weighted by molar-refractivity contribution is -0.218. The van der Waals surface area contributed by atoms with Gasteiger partial charge in [-0.1, -0.05) is 27.7 Å². The summed E-state index contributed by atoms with van der Waals surface area (Å²) in [4.78, 5) is 12.5. The summed E-state index contributed by atoms with van der Waals surface area (Å²) < 4.78 is 6.34. The normalized spacial score (nSPS) is 42.3. The molecule has 0 amide bonds. The van der Waals surface area contributed by atoms with Gasteiger partial charge in [0.2, 0.25) is 0 Å². The molecule has 0 aromatic rings. The molecular formula is C19H32O2. The van der Waals surface area contributed by atoms with Crippen LogP contribution in [0.15, 0.2) is 0 Å². The predicted molar refractivity (Wildman–Crippen MR) is 84.8 cm³/mol. The molecule has 2 heteroatoms. The lowest BCUT2D eigenvalue weighted by Crippen LogP contribution is -2.60. The molecule has 4 aliphatic rings. The van der Waals surface area contributed by atoms with Crippen molar-refractivity contribution in [3.05, 3.63) is 0 Å². The number of carbonyl (C=O) groups is 1. The molecule has 4 saturated carbocycles. The Hall–Kier alpha value is -0.530. The Morgan fingerprint density at radius 3 is 2.00 bits per heavy atom. The minimum absolute atomic E-state index is 0.0474. The van der Waals surface area contributed by atoms with Crippen molar-refractivity contribution in [1.82, 2.24) is 0 Å². The summed E-state index contributed by atoms with van der Waals surface area (Å²) in [7, 11) is 0. The molecular weight excluding hydrogens is 260 g/mol. The maximum Gasteiger partial charge on any atom is 0.309 e. The van der Waals surface area contributed by atoms with Crippen molar-refractivity contribution in [2.45, 2.75) is 78.2 Å². The summed E-state index contributed by atoms with van der Waals surface area (Å²) in [5.41, 5.74) is -0.123. The van der Waals surface area contributed by atoms with E-state index in [2.05, 4.69) is 20.8 Å². The van der Waals surface area contributed by atoms with Gasteiger partial charge in [-0.25, -0.2) is 0 Å². The first-order valence-electron chi connectivity index (χ1n) is 9.17. The fourth-order valence-electron chi connectivity index (χ4n) is 5.62. The molecule has 0 heterocycles. The van der Waals surface area contributed by atoms with E-state index in [1.54, 1.807) is 0 Å². The van der Waals surface area contributed by atoms with Gasteiger partial charge in [0.05, 0.1) is 5.92 Å². The number of carbonyl (C=O) groups excluding carboxylic acids is 1. The standard InChI is InChI=1S/C19H32O2/c1-5-13(4)18(20)21-19(11-12(2)3)16-7-14-6-15(9-16)10-17(19)8-14/h12-17H,5-11H2,1-4H3. The Labute approximate surface area is 130 Å². The van der Waals surface area contributed by atoms with Crippen molar-refractivity contribution in [1.29, 1.82) is 0 Å². The number of ether oxygens (including phenoxy) is 1. The minimum atomic E-state index is -0.123. The lowest BCUT2D eigenvalue weighted by Gasteiger charge is -2.61. The quantitative estimate of drug-likeness (QED) is 0.679. The highest BCUT2D eigenvalue weighted by Crippen LogP contribution is 2.61. The SMILES string of the molecule is CCC(C)C(=O)OC1(CC(C)C)C2CC3CC(C2)CC1C3. The summed E-state index contributed by atoms with van der Waals surface area (Å²) in [5, 5.41) is 0. The molecule has 0 radical (unpaired) electrons. The molecule has 4 bridgehead atoms. The number of hydrogen-bond acceptors (Lipinski definition) is 2. The van der Waals surface area contributed by atoms with Crippen molar-refractivity contribution in [2.75, 3.05) is 0 Å². The molecule has 0 aromatic carbocycles. The Balaban J connectivity index is 1.85. The summed E-state index contributed by atoms with van der Waals surface area (Å²) in [5.74, 6) is 3.85. The van der Waals surface area contributed by atoms with E-state index in [9.17, 15) is 4.79 Å². The van der Waals surface area contributed by atoms with Gasteiger partial charge in [-0.05, 0) is 74.5 Å². The van der Waals surface area contributed by atoms with Gasteiger partial charge in [0.25, 0.3) is 0 Å². The van der Waals surface area contributed by atoms with Gasteiger partial charge < -0.3 is 4.74 Å². The Morgan fingerprint density at radius 2 is 1.57 bits per heavy atom. The molecule has 4 fully saturated rings. The Bertz CT molecular complexity index is 370. The van der Waals surface area contributed by atoms with Gasteiger partial charge in [-0.15, -0.1) is 0 Å². The summed E-state index contributed by atoms with van der Waals surface area (Å²) >= 11 is 0. The third kappa shape index (κ3) is 2.64. The molecule has 1 unspecified atom stereocenters. The zero-order chi connectivity index (χ0) is 15.2. The van der Waals surface area contributed by atoms with Gasteiger partial charge in [0, 0.05) is 0 Å². The highest BCUT2D eigenvalue weighted by atomic mass is 16.6. The largest absolute Gasteiger partial charge is 0.458 e. The number of rotatable bonds is 5. The molecule has 120 valence electrons. The maximum atomic E-state index is 12.5.